The van der Waals surface area contributed by atoms with E-state index in [4.69, 9.17) is 8.83 Å². The Morgan fingerprint density at radius 2 is 0.714 bits per heavy atom. The Kier molecular flexibility index (Phi) is 8.83. The molecule has 10 aromatic carbocycles. The summed E-state index contributed by atoms with van der Waals surface area (Å²) in [5, 5.41) is 4.45. The van der Waals surface area contributed by atoms with Gasteiger partial charge in [-0.2, -0.15) is 0 Å². The Morgan fingerprint density at radius 3 is 1.41 bits per heavy atom. The largest absolute Gasteiger partial charge is 0.456 e. The maximum Gasteiger partial charge on any atom is 0.143 e. The molecule has 63 heavy (non-hydrogen) atoms. The minimum Gasteiger partial charge on any atom is -0.456 e. The number of rotatable bonds is 8. The van der Waals surface area contributed by atoms with Crippen molar-refractivity contribution in [1.29, 1.82) is 0 Å². The van der Waals surface area contributed by atoms with Crippen molar-refractivity contribution in [2.75, 3.05) is 4.90 Å². The normalized spacial score (nSPS) is 11.5. The molecule has 0 radical (unpaired) electrons. The second kappa shape index (κ2) is 15.3. The third-order valence-electron chi connectivity index (χ3n) is 12.3. The lowest BCUT2D eigenvalue weighted by molar-refractivity contribution is 0.669. The predicted octanol–water partition coefficient (Wildman–Crippen LogP) is 17.3. The van der Waals surface area contributed by atoms with Gasteiger partial charge in [0.15, 0.2) is 0 Å². The highest BCUT2D eigenvalue weighted by Crippen LogP contribution is 2.49. The SMILES string of the molecule is c1ccc(-c2ccccc2-c2ccccc2-c2ccccc2N(c2ccc(-c3ccc4oc5ccccc5c4c3)cc2)c2ccccc2-c2cccc3c2oc2ccccc23)cc1. The van der Waals surface area contributed by atoms with Gasteiger partial charge in [-0.1, -0.05) is 188 Å². The lowest BCUT2D eigenvalue weighted by atomic mass is 9.88. The van der Waals surface area contributed by atoms with Crippen LogP contribution in [0.3, 0.4) is 0 Å². The lowest BCUT2D eigenvalue weighted by Gasteiger charge is -2.30. The Hall–Kier alpha value is -8.40. The zero-order valence-electron chi connectivity index (χ0n) is 34.3. The molecule has 0 aliphatic heterocycles. The van der Waals surface area contributed by atoms with Crippen LogP contribution in [-0.4, -0.2) is 0 Å². The summed E-state index contributed by atoms with van der Waals surface area (Å²) in [5.74, 6) is 0. The number of para-hydroxylation sites is 5. The van der Waals surface area contributed by atoms with E-state index in [1.807, 2.05) is 18.2 Å². The summed E-state index contributed by atoms with van der Waals surface area (Å²) in [5.41, 5.74) is 18.1. The van der Waals surface area contributed by atoms with Crippen molar-refractivity contribution in [2.24, 2.45) is 0 Å². The maximum absolute atomic E-state index is 6.68. The molecule has 2 heterocycles. The summed E-state index contributed by atoms with van der Waals surface area (Å²) < 4.78 is 12.9. The zero-order valence-corrected chi connectivity index (χ0v) is 34.3. The van der Waals surface area contributed by atoms with E-state index < -0.39 is 0 Å². The van der Waals surface area contributed by atoms with Crippen LogP contribution in [0.2, 0.25) is 0 Å². The predicted molar refractivity (Wildman–Crippen MR) is 263 cm³/mol. The van der Waals surface area contributed by atoms with E-state index in [1.165, 1.54) is 22.3 Å². The standard InChI is InChI=1S/C60H39NO2/c1-2-17-41(18-3-1)44-19-4-5-20-45(44)46-21-6-7-22-47(46)48-23-8-12-29-55(48)61(43-36-33-40(34-37-43)42-35-38-59-54(39-42)51-26-11-14-31-57(51)62-59)56-30-13-9-24-49(56)52-27-16-28-53-50-25-10-15-32-58(50)63-60(52)53/h1-39H. The van der Waals surface area contributed by atoms with Crippen molar-refractivity contribution in [3.8, 4) is 55.6 Å². The van der Waals surface area contributed by atoms with Gasteiger partial charge in [0.05, 0.1) is 11.4 Å². The van der Waals surface area contributed by atoms with Gasteiger partial charge in [0, 0.05) is 43.9 Å². The Morgan fingerprint density at radius 1 is 0.254 bits per heavy atom. The van der Waals surface area contributed by atoms with E-state index >= 15 is 0 Å². The molecular weight excluding hydrogens is 767 g/mol. The number of hydrogen-bond acceptors (Lipinski definition) is 3. The monoisotopic (exact) mass is 805 g/mol. The van der Waals surface area contributed by atoms with Crippen LogP contribution >= 0.6 is 0 Å². The highest BCUT2D eigenvalue weighted by Gasteiger charge is 2.24. The van der Waals surface area contributed by atoms with Crippen LogP contribution in [0, 0.1) is 0 Å². The lowest BCUT2D eigenvalue weighted by Crippen LogP contribution is -2.12. The quantitative estimate of drug-likeness (QED) is 0.153. The molecule has 3 nitrogen and oxygen atoms in total. The van der Waals surface area contributed by atoms with Gasteiger partial charge in [-0.05, 0) is 87.5 Å². The van der Waals surface area contributed by atoms with Crippen molar-refractivity contribution in [3.63, 3.8) is 0 Å². The number of nitrogens with zero attached hydrogens (tertiary/aromatic N) is 1. The molecule has 0 spiro atoms. The second-order valence-electron chi connectivity index (χ2n) is 16.0. The molecule has 296 valence electrons. The number of furan rings is 2. The molecular formula is C60H39NO2. The first kappa shape index (κ1) is 36.5. The van der Waals surface area contributed by atoms with Crippen molar-refractivity contribution >= 4 is 60.9 Å². The molecule has 0 N–H and O–H groups in total. The highest BCUT2D eigenvalue weighted by molar-refractivity contribution is 6.11. The van der Waals surface area contributed by atoms with Gasteiger partial charge >= 0.3 is 0 Å². The van der Waals surface area contributed by atoms with Crippen LogP contribution < -0.4 is 4.90 Å². The topological polar surface area (TPSA) is 29.5 Å². The fraction of sp³-hybridized carbons (Fsp3) is 0. The number of hydrogen-bond donors (Lipinski definition) is 0. The van der Waals surface area contributed by atoms with Gasteiger partial charge in [0.2, 0.25) is 0 Å². The van der Waals surface area contributed by atoms with Crippen molar-refractivity contribution < 1.29 is 8.83 Å². The summed E-state index contributed by atoms with van der Waals surface area (Å²) in [4.78, 5) is 2.42. The van der Waals surface area contributed by atoms with E-state index in [9.17, 15) is 0 Å². The molecule has 0 atom stereocenters. The minimum atomic E-state index is 0.875. The van der Waals surface area contributed by atoms with E-state index in [0.717, 1.165) is 94.3 Å². The molecule has 0 amide bonds. The van der Waals surface area contributed by atoms with Crippen LogP contribution in [0.4, 0.5) is 17.1 Å². The molecule has 12 rings (SSSR count). The second-order valence-corrected chi connectivity index (χ2v) is 16.0. The average Bonchev–Trinajstić information content (AvgIpc) is 3.93. The van der Waals surface area contributed by atoms with Crippen molar-refractivity contribution in [1.82, 2.24) is 0 Å². The van der Waals surface area contributed by atoms with E-state index in [-0.39, 0.29) is 0 Å². The van der Waals surface area contributed by atoms with Crippen LogP contribution in [-0.2, 0) is 0 Å². The van der Waals surface area contributed by atoms with Crippen LogP contribution in [0.1, 0.15) is 0 Å². The maximum atomic E-state index is 6.68. The van der Waals surface area contributed by atoms with Crippen LogP contribution in [0.5, 0.6) is 0 Å². The zero-order chi connectivity index (χ0) is 41.7. The van der Waals surface area contributed by atoms with Gasteiger partial charge in [-0.15, -0.1) is 0 Å². The molecule has 0 fully saturated rings. The Labute approximate surface area is 365 Å². The first-order chi connectivity index (χ1) is 31.3. The average molecular weight is 806 g/mol. The number of fused-ring (bicyclic) bond motifs is 6. The Bertz CT molecular complexity index is 3630. The van der Waals surface area contributed by atoms with Crippen molar-refractivity contribution in [2.45, 2.75) is 0 Å². The summed E-state index contributed by atoms with van der Waals surface area (Å²) in [7, 11) is 0. The third-order valence-corrected chi connectivity index (χ3v) is 12.3. The summed E-state index contributed by atoms with van der Waals surface area (Å²) in [6.07, 6.45) is 0. The fourth-order valence-corrected chi connectivity index (χ4v) is 9.41. The van der Waals surface area contributed by atoms with E-state index in [0.29, 0.717) is 0 Å². The number of benzene rings is 10. The molecule has 0 saturated carbocycles. The summed E-state index contributed by atoms with van der Waals surface area (Å²) in [6.45, 7) is 0. The summed E-state index contributed by atoms with van der Waals surface area (Å²) >= 11 is 0. The molecule has 0 aliphatic rings. The van der Waals surface area contributed by atoms with E-state index in [1.54, 1.807) is 0 Å². The van der Waals surface area contributed by atoms with Crippen LogP contribution in [0.25, 0.3) is 99.5 Å². The summed E-state index contributed by atoms with van der Waals surface area (Å²) in [6, 6.07) is 84.2. The Balaban J connectivity index is 1.06. The molecule has 3 heteroatoms. The fourth-order valence-electron chi connectivity index (χ4n) is 9.41. The van der Waals surface area contributed by atoms with E-state index in [2.05, 4.69) is 223 Å². The molecule has 0 unspecified atom stereocenters. The molecule has 2 aromatic heterocycles. The third kappa shape index (κ3) is 6.29. The smallest absolute Gasteiger partial charge is 0.143 e. The van der Waals surface area contributed by atoms with Crippen LogP contribution in [0.15, 0.2) is 245 Å². The minimum absolute atomic E-state index is 0.875. The van der Waals surface area contributed by atoms with Gasteiger partial charge in [-0.25, -0.2) is 0 Å². The van der Waals surface area contributed by atoms with Gasteiger partial charge < -0.3 is 13.7 Å². The van der Waals surface area contributed by atoms with Gasteiger partial charge in [0.1, 0.15) is 22.3 Å². The number of anilines is 3. The molecule has 0 saturated heterocycles. The molecule has 12 aromatic rings. The first-order valence-electron chi connectivity index (χ1n) is 21.4. The molecule has 0 bridgehead atoms. The van der Waals surface area contributed by atoms with Gasteiger partial charge in [-0.3, -0.25) is 0 Å². The highest BCUT2D eigenvalue weighted by atomic mass is 16.3. The molecule has 0 aliphatic carbocycles. The first-order valence-corrected chi connectivity index (χ1v) is 21.4. The van der Waals surface area contributed by atoms with Gasteiger partial charge in [0.25, 0.3) is 0 Å². The van der Waals surface area contributed by atoms with Crippen molar-refractivity contribution in [3.05, 3.63) is 237 Å².